The highest BCUT2D eigenvalue weighted by molar-refractivity contribution is 7.99. The molecule has 0 saturated carbocycles. The molecule has 0 bridgehead atoms. The van der Waals surface area contributed by atoms with E-state index in [1.165, 1.54) is 14.6 Å². The molecule has 0 fully saturated rings. The molecule has 2 aromatic heterocycles. The number of rotatable bonds is 4. The molecule has 16 heavy (non-hydrogen) atoms. The van der Waals surface area contributed by atoms with Crippen molar-refractivity contribution in [3.05, 3.63) is 34.3 Å². The van der Waals surface area contributed by atoms with Crippen LogP contribution in [-0.4, -0.2) is 16.3 Å². The van der Waals surface area contributed by atoms with Crippen LogP contribution in [-0.2, 0) is 7.05 Å². The van der Waals surface area contributed by atoms with E-state index in [1.807, 2.05) is 35.5 Å². The average molecular weight is 253 g/mol. The topological polar surface area (TPSA) is 43.8 Å². The molecule has 1 atom stereocenters. The summed E-state index contributed by atoms with van der Waals surface area (Å²) in [5.74, 6) is 0. The lowest BCUT2D eigenvalue weighted by Crippen LogP contribution is -2.07. The number of hydrogen-bond acceptors (Lipinski definition) is 4. The molecule has 0 spiro atoms. The molecule has 2 aromatic rings. The van der Waals surface area contributed by atoms with Gasteiger partial charge in [-0.15, -0.1) is 23.1 Å². The van der Waals surface area contributed by atoms with Crippen molar-refractivity contribution in [3.8, 4) is 0 Å². The summed E-state index contributed by atoms with van der Waals surface area (Å²) in [6, 6.07) is 4.31. The van der Waals surface area contributed by atoms with Crippen molar-refractivity contribution < 1.29 is 0 Å². The second-order valence-corrected chi connectivity index (χ2v) is 6.24. The van der Waals surface area contributed by atoms with Crippen LogP contribution < -0.4 is 5.73 Å². The fraction of sp³-hybridized carbons (Fsp3) is 0.364. The summed E-state index contributed by atoms with van der Waals surface area (Å²) in [5.41, 5.74) is 5.83. The molecule has 0 aliphatic rings. The van der Waals surface area contributed by atoms with E-state index < -0.39 is 0 Å². The van der Waals surface area contributed by atoms with E-state index in [4.69, 9.17) is 5.73 Å². The highest BCUT2D eigenvalue weighted by atomic mass is 32.2. The average Bonchev–Trinajstić information content (AvgIpc) is 2.84. The van der Waals surface area contributed by atoms with Crippen LogP contribution in [0.1, 0.15) is 15.0 Å². The lowest BCUT2D eigenvalue weighted by Gasteiger charge is -2.10. The second-order valence-electron chi connectivity index (χ2n) is 3.64. The van der Waals surface area contributed by atoms with Crippen molar-refractivity contribution in [1.82, 2.24) is 9.78 Å². The lowest BCUT2D eigenvalue weighted by atomic mass is 10.3. The number of nitrogens with zero attached hydrogens (tertiary/aromatic N) is 2. The van der Waals surface area contributed by atoms with Crippen molar-refractivity contribution in [3.63, 3.8) is 0 Å². The summed E-state index contributed by atoms with van der Waals surface area (Å²) in [6.07, 6.45) is 3.90. The second kappa shape index (κ2) is 5.03. The summed E-state index contributed by atoms with van der Waals surface area (Å²) in [7, 11) is 1.93. The van der Waals surface area contributed by atoms with Crippen LogP contribution in [0.15, 0.2) is 29.4 Å². The number of aromatic nitrogens is 2. The highest BCUT2D eigenvalue weighted by Gasteiger charge is 2.14. The normalized spacial score (nSPS) is 12.9. The minimum Gasteiger partial charge on any atom is -0.329 e. The number of hydrogen-bond donors (Lipinski definition) is 1. The van der Waals surface area contributed by atoms with Crippen LogP contribution >= 0.6 is 23.1 Å². The summed E-state index contributed by atoms with van der Waals surface area (Å²) >= 11 is 3.60. The van der Waals surface area contributed by atoms with Gasteiger partial charge in [0.1, 0.15) is 0 Å². The number of thioether (sulfide) groups is 1. The molecule has 3 nitrogen and oxygen atoms in total. The molecule has 0 aliphatic carbocycles. The minimum absolute atomic E-state index is 0.336. The molecule has 0 saturated heterocycles. The Morgan fingerprint density at radius 3 is 2.88 bits per heavy atom. The monoisotopic (exact) mass is 253 g/mol. The van der Waals surface area contributed by atoms with Gasteiger partial charge in [-0.2, -0.15) is 5.10 Å². The molecule has 5 heteroatoms. The molecular formula is C11H15N3S2. The third-order valence-electron chi connectivity index (χ3n) is 2.25. The summed E-state index contributed by atoms with van der Waals surface area (Å²) in [5, 5.41) is 4.50. The smallest absolute Gasteiger partial charge is 0.0626 e. The molecule has 0 aliphatic heterocycles. The van der Waals surface area contributed by atoms with Crippen LogP contribution in [0.2, 0.25) is 0 Å². The van der Waals surface area contributed by atoms with Gasteiger partial charge in [-0.1, -0.05) is 0 Å². The first-order chi connectivity index (χ1) is 7.69. The number of aryl methyl sites for hydroxylation is 2. The van der Waals surface area contributed by atoms with Gasteiger partial charge in [-0.05, 0) is 19.1 Å². The third kappa shape index (κ3) is 2.66. The van der Waals surface area contributed by atoms with E-state index in [2.05, 4.69) is 24.2 Å². The number of thiophene rings is 1. The van der Waals surface area contributed by atoms with Crippen LogP contribution in [0, 0.1) is 6.92 Å². The molecule has 86 valence electrons. The molecule has 1 unspecified atom stereocenters. The molecule has 0 radical (unpaired) electrons. The maximum absolute atomic E-state index is 5.83. The van der Waals surface area contributed by atoms with Crippen LogP contribution in [0.3, 0.4) is 0 Å². The Morgan fingerprint density at radius 1 is 1.56 bits per heavy atom. The van der Waals surface area contributed by atoms with Crippen molar-refractivity contribution in [2.24, 2.45) is 12.8 Å². The highest BCUT2D eigenvalue weighted by Crippen LogP contribution is 2.37. The summed E-state index contributed by atoms with van der Waals surface area (Å²) < 4.78 is 1.82. The van der Waals surface area contributed by atoms with Gasteiger partial charge in [0.05, 0.1) is 11.4 Å². The minimum atomic E-state index is 0.336. The zero-order valence-corrected chi connectivity index (χ0v) is 11.0. The van der Waals surface area contributed by atoms with Gasteiger partial charge >= 0.3 is 0 Å². The Labute approximate surface area is 104 Å². The molecule has 2 heterocycles. The quantitative estimate of drug-likeness (QED) is 0.852. The Morgan fingerprint density at radius 2 is 2.38 bits per heavy atom. The van der Waals surface area contributed by atoms with Gasteiger partial charge in [0.15, 0.2) is 0 Å². The van der Waals surface area contributed by atoms with E-state index in [1.54, 1.807) is 11.8 Å². The Balaban J connectivity index is 2.12. The Kier molecular flexibility index (Phi) is 3.68. The molecule has 2 rings (SSSR count). The van der Waals surface area contributed by atoms with Crippen LogP contribution in [0.25, 0.3) is 0 Å². The fourth-order valence-electron chi connectivity index (χ4n) is 1.47. The maximum atomic E-state index is 5.83. The van der Waals surface area contributed by atoms with Gasteiger partial charge in [-0.25, -0.2) is 0 Å². The van der Waals surface area contributed by atoms with E-state index in [0.717, 1.165) is 0 Å². The van der Waals surface area contributed by atoms with E-state index >= 15 is 0 Å². The van der Waals surface area contributed by atoms with E-state index in [0.29, 0.717) is 11.8 Å². The van der Waals surface area contributed by atoms with Gasteiger partial charge < -0.3 is 5.73 Å². The van der Waals surface area contributed by atoms with E-state index in [9.17, 15) is 0 Å². The fourth-order valence-corrected chi connectivity index (χ4v) is 3.57. The predicted octanol–water partition coefficient (Wildman–Crippen LogP) is 2.58. The first-order valence-corrected chi connectivity index (χ1v) is 6.80. The first-order valence-electron chi connectivity index (χ1n) is 5.10. The van der Waals surface area contributed by atoms with Gasteiger partial charge in [0.25, 0.3) is 0 Å². The van der Waals surface area contributed by atoms with Gasteiger partial charge in [-0.3, -0.25) is 4.68 Å². The zero-order valence-electron chi connectivity index (χ0n) is 9.38. The SMILES string of the molecule is Cc1ccc(C(CN)Sc2cnn(C)c2)s1. The van der Waals surface area contributed by atoms with Crippen molar-refractivity contribution in [2.75, 3.05) is 6.54 Å². The summed E-state index contributed by atoms with van der Waals surface area (Å²) in [4.78, 5) is 3.85. The molecule has 0 aromatic carbocycles. The summed E-state index contributed by atoms with van der Waals surface area (Å²) in [6.45, 7) is 2.77. The Hall–Kier alpha value is -0.780. The number of nitrogens with two attached hydrogens (primary N) is 1. The lowest BCUT2D eigenvalue weighted by molar-refractivity contribution is 0.766. The largest absolute Gasteiger partial charge is 0.329 e. The van der Waals surface area contributed by atoms with Crippen molar-refractivity contribution >= 4 is 23.1 Å². The van der Waals surface area contributed by atoms with Crippen LogP contribution in [0.4, 0.5) is 0 Å². The van der Waals surface area contributed by atoms with Crippen molar-refractivity contribution in [1.29, 1.82) is 0 Å². The maximum Gasteiger partial charge on any atom is 0.0626 e. The predicted molar refractivity (Wildman–Crippen MR) is 69.9 cm³/mol. The Bertz CT molecular complexity index is 461. The van der Waals surface area contributed by atoms with Gasteiger partial charge in [0.2, 0.25) is 0 Å². The molecule has 2 N–H and O–H groups in total. The standard InChI is InChI=1S/C11H15N3S2/c1-8-3-4-10(15-8)11(5-12)16-9-6-13-14(2)7-9/h3-4,6-7,11H,5,12H2,1-2H3. The molecule has 0 amide bonds. The van der Waals surface area contributed by atoms with Gasteiger partial charge in [0, 0.05) is 34.4 Å². The van der Waals surface area contributed by atoms with Crippen molar-refractivity contribution in [2.45, 2.75) is 17.1 Å². The zero-order chi connectivity index (χ0) is 11.5. The first kappa shape index (κ1) is 11.7. The third-order valence-corrected chi connectivity index (χ3v) is 4.73. The van der Waals surface area contributed by atoms with E-state index in [-0.39, 0.29) is 0 Å². The van der Waals surface area contributed by atoms with Crippen LogP contribution in [0.5, 0.6) is 0 Å². The molecular weight excluding hydrogens is 238 g/mol.